The van der Waals surface area contributed by atoms with Gasteiger partial charge in [-0.1, -0.05) is 0 Å². The second kappa shape index (κ2) is 3.40. The van der Waals surface area contributed by atoms with Gasteiger partial charge in [0.15, 0.2) is 0 Å². The largest absolute Gasteiger partial charge is 0.383 e. The van der Waals surface area contributed by atoms with Crippen LogP contribution in [0.3, 0.4) is 0 Å². The quantitative estimate of drug-likeness (QED) is 0.407. The van der Waals surface area contributed by atoms with Crippen LogP contribution in [0.2, 0.25) is 0 Å². The zero-order chi connectivity index (χ0) is 6.57. The van der Waals surface area contributed by atoms with Crippen LogP contribution in [0.1, 0.15) is 6.42 Å². The molecule has 0 aromatic carbocycles. The van der Waals surface area contributed by atoms with Gasteiger partial charge in [0.1, 0.15) is 6.10 Å². The summed E-state index contributed by atoms with van der Waals surface area (Å²) in [5.41, 5.74) is 9.68. The maximum Gasteiger partial charge on any atom is 0.246 e. The van der Waals surface area contributed by atoms with Gasteiger partial charge in [0.05, 0.1) is 0 Å². The van der Waals surface area contributed by atoms with Crippen LogP contribution in [-0.4, -0.2) is 23.7 Å². The normalized spacial score (nSPS) is 13.2. The molecule has 0 aromatic heterocycles. The predicted octanol–water partition coefficient (Wildman–Crippen LogP) is -1.82. The number of carbonyl (C=O) groups excluding carboxylic acids is 1. The van der Waals surface area contributed by atoms with Gasteiger partial charge in [0, 0.05) is 0 Å². The molecule has 0 heterocycles. The Balaban J connectivity index is 3.32. The Morgan fingerprint density at radius 3 is 2.38 bits per heavy atom. The van der Waals surface area contributed by atoms with E-state index in [0.717, 1.165) is 0 Å². The van der Waals surface area contributed by atoms with Crippen molar-refractivity contribution in [2.75, 3.05) is 6.54 Å². The first-order valence-corrected chi connectivity index (χ1v) is 2.36. The molecule has 0 bridgehead atoms. The monoisotopic (exact) mass is 118 g/mol. The molecule has 1 amide bonds. The lowest BCUT2D eigenvalue weighted by Crippen LogP contribution is -2.30. The van der Waals surface area contributed by atoms with Crippen molar-refractivity contribution in [3.05, 3.63) is 0 Å². The van der Waals surface area contributed by atoms with E-state index >= 15 is 0 Å². The number of aliphatic hydroxyl groups is 1. The number of aliphatic hydroxyl groups excluding tert-OH is 1. The van der Waals surface area contributed by atoms with Gasteiger partial charge in [-0.2, -0.15) is 0 Å². The first-order chi connectivity index (χ1) is 3.68. The Kier molecular flexibility index (Phi) is 3.14. The summed E-state index contributed by atoms with van der Waals surface area (Å²) in [6, 6.07) is 0. The van der Waals surface area contributed by atoms with Crippen LogP contribution in [0.5, 0.6) is 0 Å². The van der Waals surface area contributed by atoms with Crippen LogP contribution in [0.15, 0.2) is 0 Å². The van der Waals surface area contributed by atoms with E-state index in [-0.39, 0.29) is 13.0 Å². The Bertz CT molecular complexity index is 84.1. The molecule has 0 aliphatic heterocycles. The molecule has 0 rings (SSSR count). The zero-order valence-corrected chi connectivity index (χ0v) is 4.50. The fourth-order valence-electron chi connectivity index (χ4n) is 0.300. The Hall–Kier alpha value is -0.610. The van der Waals surface area contributed by atoms with Crippen molar-refractivity contribution in [2.45, 2.75) is 12.5 Å². The van der Waals surface area contributed by atoms with Gasteiger partial charge in [0.2, 0.25) is 5.91 Å². The van der Waals surface area contributed by atoms with Crippen LogP contribution in [-0.2, 0) is 4.79 Å². The highest BCUT2D eigenvalue weighted by atomic mass is 16.3. The molecule has 5 N–H and O–H groups in total. The molecule has 4 nitrogen and oxygen atoms in total. The van der Waals surface area contributed by atoms with Crippen molar-refractivity contribution in [1.29, 1.82) is 0 Å². The summed E-state index contributed by atoms with van der Waals surface area (Å²) >= 11 is 0. The Morgan fingerprint density at radius 1 is 1.75 bits per heavy atom. The molecule has 0 radical (unpaired) electrons. The number of amides is 1. The summed E-state index contributed by atoms with van der Waals surface area (Å²) in [5.74, 6) is -0.713. The van der Waals surface area contributed by atoms with E-state index in [1.807, 2.05) is 0 Å². The number of nitrogens with two attached hydrogens (primary N) is 2. The molecule has 0 spiro atoms. The summed E-state index contributed by atoms with van der Waals surface area (Å²) in [7, 11) is 0. The lowest BCUT2D eigenvalue weighted by Gasteiger charge is -2.00. The maximum atomic E-state index is 10.0. The molecule has 0 saturated heterocycles. The summed E-state index contributed by atoms with van der Waals surface area (Å²) < 4.78 is 0. The number of carbonyl (C=O) groups is 1. The van der Waals surface area contributed by atoms with Crippen molar-refractivity contribution in [3.63, 3.8) is 0 Å². The smallest absolute Gasteiger partial charge is 0.246 e. The molecule has 4 heteroatoms. The number of primary amides is 1. The number of rotatable bonds is 3. The van der Waals surface area contributed by atoms with E-state index in [9.17, 15) is 4.79 Å². The predicted molar refractivity (Wildman–Crippen MR) is 28.9 cm³/mol. The van der Waals surface area contributed by atoms with E-state index in [1.54, 1.807) is 0 Å². The van der Waals surface area contributed by atoms with Gasteiger partial charge >= 0.3 is 0 Å². The van der Waals surface area contributed by atoms with Gasteiger partial charge in [-0.3, -0.25) is 4.79 Å². The minimum atomic E-state index is -1.07. The molecule has 0 saturated carbocycles. The van der Waals surface area contributed by atoms with Crippen molar-refractivity contribution in [3.8, 4) is 0 Å². The third-order valence-electron chi connectivity index (χ3n) is 0.769. The topological polar surface area (TPSA) is 89.3 Å². The van der Waals surface area contributed by atoms with Crippen molar-refractivity contribution < 1.29 is 9.90 Å². The minimum Gasteiger partial charge on any atom is -0.383 e. The fourth-order valence-corrected chi connectivity index (χ4v) is 0.300. The molecule has 0 aromatic rings. The highest BCUT2D eigenvalue weighted by Crippen LogP contribution is 1.84. The second-order valence-corrected chi connectivity index (χ2v) is 1.50. The average Bonchev–Trinajstić information content (AvgIpc) is 1.67. The van der Waals surface area contributed by atoms with Gasteiger partial charge < -0.3 is 16.6 Å². The van der Waals surface area contributed by atoms with Crippen molar-refractivity contribution in [1.82, 2.24) is 0 Å². The molecule has 48 valence electrons. The lowest BCUT2D eigenvalue weighted by atomic mass is 10.2. The van der Waals surface area contributed by atoms with Gasteiger partial charge in [-0.15, -0.1) is 0 Å². The van der Waals surface area contributed by atoms with E-state index in [4.69, 9.17) is 10.8 Å². The molecule has 0 aliphatic rings. The molecular weight excluding hydrogens is 108 g/mol. The van der Waals surface area contributed by atoms with E-state index in [0.29, 0.717) is 0 Å². The summed E-state index contributed by atoms with van der Waals surface area (Å²) in [5, 5.41) is 8.57. The highest BCUT2D eigenvalue weighted by Gasteiger charge is 2.07. The Labute approximate surface area is 47.5 Å². The third-order valence-corrected chi connectivity index (χ3v) is 0.769. The summed E-state index contributed by atoms with van der Waals surface area (Å²) in [6.45, 7) is 0.282. The molecule has 0 fully saturated rings. The average molecular weight is 118 g/mol. The maximum absolute atomic E-state index is 10.0. The first-order valence-electron chi connectivity index (χ1n) is 2.36. The van der Waals surface area contributed by atoms with E-state index in [2.05, 4.69) is 5.73 Å². The fraction of sp³-hybridized carbons (Fsp3) is 0.750. The van der Waals surface area contributed by atoms with Gasteiger partial charge in [-0.05, 0) is 13.0 Å². The third kappa shape index (κ3) is 2.54. The number of hydrogen-bond donors (Lipinski definition) is 3. The van der Waals surface area contributed by atoms with Crippen molar-refractivity contribution >= 4 is 5.91 Å². The molecular formula is C4H10N2O2. The highest BCUT2D eigenvalue weighted by molar-refractivity contribution is 5.78. The number of hydrogen-bond acceptors (Lipinski definition) is 3. The van der Waals surface area contributed by atoms with Gasteiger partial charge in [0.25, 0.3) is 0 Å². The first kappa shape index (κ1) is 7.39. The second-order valence-electron chi connectivity index (χ2n) is 1.50. The van der Waals surface area contributed by atoms with E-state index in [1.165, 1.54) is 0 Å². The summed E-state index contributed by atoms with van der Waals surface area (Å²) in [6.07, 6.45) is -0.824. The molecule has 1 unspecified atom stereocenters. The van der Waals surface area contributed by atoms with Crippen LogP contribution in [0.25, 0.3) is 0 Å². The van der Waals surface area contributed by atoms with E-state index < -0.39 is 12.0 Å². The lowest BCUT2D eigenvalue weighted by molar-refractivity contribution is -0.126. The van der Waals surface area contributed by atoms with Crippen LogP contribution in [0, 0.1) is 0 Å². The van der Waals surface area contributed by atoms with Crippen LogP contribution in [0.4, 0.5) is 0 Å². The van der Waals surface area contributed by atoms with Crippen LogP contribution < -0.4 is 11.5 Å². The van der Waals surface area contributed by atoms with Gasteiger partial charge in [-0.25, -0.2) is 0 Å². The molecule has 0 aliphatic carbocycles. The SMILES string of the molecule is NCCC(O)C(N)=O. The van der Waals surface area contributed by atoms with Crippen LogP contribution >= 0.6 is 0 Å². The molecule has 8 heavy (non-hydrogen) atoms. The standard InChI is InChI=1S/C4H10N2O2/c5-2-1-3(7)4(6)8/h3,7H,1-2,5H2,(H2,6,8). The Morgan fingerprint density at radius 2 is 2.25 bits per heavy atom. The molecule has 1 atom stereocenters. The summed E-state index contributed by atoms with van der Waals surface area (Å²) in [4.78, 5) is 10.0. The van der Waals surface area contributed by atoms with Crippen molar-refractivity contribution in [2.24, 2.45) is 11.5 Å². The minimum absolute atomic E-state index is 0.245. The zero-order valence-electron chi connectivity index (χ0n) is 4.50.